The zero-order valence-electron chi connectivity index (χ0n) is 17.4. The number of nitrogens with zero attached hydrogens (tertiary/aromatic N) is 3. The second-order valence-electron chi connectivity index (χ2n) is 7.68. The first kappa shape index (κ1) is 25.4. The summed E-state index contributed by atoms with van der Waals surface area (Å²) in [5, 5.41) is 38.7. The lowest BCUT2D eigenvalue weighted by Crippen LogP contribution is -2.55. The van der Waals surface area contributed by atoms with Crippen LogP contribution in [0.15, 0.2) is 47.5 Å². The maximum Gasteiger partial charge on any atom is 0.416 e. The van der Waals surface area contributed by atoms with Crippen molar-refractivity contribution in [1.29, 1.82) is 0 Å². The van der Waals surface area contributed by atoms with E-state index in [0.717, 1.165) is 34.8 Å². The third kappa shape index (κ3) is 5.16. The molecule has 0 spiro atoms. The number of aliphatic hydroxyl groups is 3. The monoisotopic (exact) mass is 521 g/mol. The van der Waals surface area contributed by atoms with E-state index in [1.165, 1.54) is 12.1 Å². The molecule has 3 aromatic rings. The van der Waals surface area contributed by atoms with Gasteiger partial charge in [0.25, 0.3) is 0 Å². The van der Waals surface area contributed by atoms with Gasteiger partial charge in [-0.05, 0) is 30.3 Å². The Morgan fingerprint density at radius 2 is 1.71 bits per heavy atom. The molecule has 14 heteroatoms. The first-order valence-corrected chi connectivity index (χ1v) is 10.9. The highest BCUT2D eigenvalue weighted by Crippen LogP contribution is 2.40. The zero-order chi connectivity index (χ0) is 25.5. The van der Waals surface area contributed by atoms with Gasteiger partial charge in [0.15, 0.2) is 17.5 Å². The summed E-state index contributed by atoms with van der Waals surface area (Å²) in [5.74, 6) is -4.59. The van der Waals surface area contributed by atoms with Crippen LogP contribution in [0.3, 0.4) is 0 Å². The van der Waals surface area contributed by atoms with E-state index in [2.05, 4.69) is 10.3 Å². The molecule has 5 atom stereocenters. The van der Waals surface area contributed by atoms with E-state index in [0.29, 0.717) is 12.1 Å². The van der Waals surface area contributed by atoms with Crippen LogP contribution in [0, 0.1) is 17.5 Å². The summed E-state index contributed by atoms with van der Waals surface area (Å²) < 4.78 is 86.1. The molecular weight excluding hydrogens is 504 g/mol. The van der Waals surface area contributed by atoms with Crippen LogP contribution in [-0.4, -0.2) is 60.7 Å². The molecule has 35 heavy (non-hydrogen) atoms. The van der Waals surface area contributed by atoms with Crippen LogP contribution in [0.4, 0.5) is 26.3 Å². The van der Waals surface area contributed by atoms with E-state index >= 15 is 0 Å². The standard InChI is InChI=1S/C21H17F6N3O4S/c22-12-4-9(5-13(23)16(12)24)14-7-30(29-28-14)17-18(32)15(8-31)34-20(19(17)33)35-11-3-1-2-10(6-11)21(25,26)27/h1-7,15,17-20,31-33H,8H2/t15?,17?,18-,19?,20+/m0/s1. The summed E-state index contributed by atoms with van der Waals surface area (Å²) in [7, 11) is 0. The molecule has 2 aromatic carbocycles. The number of thioether (sulfide) groups is 1. The van der Waals surface area contributed by atoms with Crippen molar-refractivity contribution in [1.82, 2.24) is 15.0 Å². The summed E-state index contributed by atoms with van der Waals surface area (Å²) in [5.41, 5.74) is -2.44. The van der Waals surface area contributed by atoms with E-state index in [9.17, 15) is 41.7 Å². The number of hydrogen-bond donors (Lipinski definition) is 3. The molecule has 3 N–H and O–H groups in total. The second-order valence-corrected chi connectivity index (χ2v) is 8.85. The van der Waals surface area contributed by atoms with Crippen LogP contribution in [-0.2, 0) is 10.9 Å². The Bertz CT molecular complexity index is 1190. The van der Waals surface area contributed by atoms with E-state index in [1.807, 2.05) is 0 Å². The van der Waals surface area contributed by atoms with Gasteiger partial charge >= 0.3 is 6.18 Å². The molecule has 1 aliphatic heterocycles. The molecule has 188 valence electrons. The Kier molecular flexibility index (Phi) is 7.11. The summed E-state index contributed by atoms with van der Waals surface area (Å²) >= 11 is 0.734. The van der Waals surface area contributed by atoms with E-state index in [-0.39, 0.29) is 16.2 Å². The van der Waals surface area contributed by atoms with Gasteiger partial charge in [0.1, 0.15) is 35.5 Å². The highest BCUT2D eigenvalue weighted by Gasteiger charge is 2.46. The molecule has 1 saturated heterocycles. The number of halogens is 6. The average Bonchev–Trinajstić information content (AvgIpc) is 3.28. The van der Waals surface area contributed by atoms with Crippen molar-refractivity contribution < 1.29 is 46.4 Å². The average molecular weight is 521 g/mol. The van der Waals surface area contributed by atoms with Gasteiger partial charge in [0.05, 0.1) is 18.4 Å². The number of benzene rings is 2. The Labute approximate surface area is 198 Å². The third-order valence-electron chi connectivity index (χ3n) is 5.36. The molecule has 1 fully saturated rings. The molecule has 1 aliphatic rings. The molecule has 0 aliphatic carbocycles. The molecule has 0 amide bonds. The minimum absolute atomic E-state index is 0.104. The molecule has 0 bridgehead atoms. The van der Waals surface area contributed by atoms with Gasteiger partial charge in [-0.15, -0.1) is 5.10 Å². The molecule has 7 nitrogen and oxygen atoms in total. The first-order chi connectivity index (χ1) is 16.5. The van der Waals surface area contributed by atoms with Crippen molar-refractivity contribution in [3.8, 4) is 11.3 Å². The number of ether oxygens (including phenoxy) is 1. The SMILES string of the molecule is OCC1O[C@H](Sc2cccc(C(F)(F)F)c2)C(O)C(n2cc(-c3cc(F)c(F)c(F)c3)nn2)[C@H]1O. The summed E-state index contributed by atoms with van der Waals surface area (Å²) in [6.45, 7) is -0.694. The topological polar surface area (TPSA) is 101 Å². The fourth-order valence-electron chi connectivity index (χ4n) is 3.62. The van der Waals surface area contributed by atoms with Crippen LogP contribution in [0.25, 0.3) is 11.3 Å². The van der Waals surface area contributed by atoms with Crippen molar-refractivity contribution in [3.05, 3.63) is 65.6 Å². The van der Waals surface area contributed by atoms with Gasteiger partial charge < -0.3 is 20.1 Å². The van der Waals surface area contributed by atoms with E-state index < -0.39 is 65.6 Å². The first-order valence-electron chi connectivity index (χ1n) is 10.0. The minimum Gasteiger partial charge on any atom is -0.394 e. The Balaban J connectivity index is 1.63. The maximum atomic E-state index is 13.6. The summed E-state index contributed by atoms with van der Waals surface area (Å²) in [4.78, 5) is 0.104. The van der Waals surface area contributed by atoms with Crippen molar-refractivity contribution in [2.24, 2.45) is 0 Å². The normalized spacial score (nSPS) is 25.1. The lowest BCUT2D eigenvalue weighted by Gasteiger charge is -2.41. The van der Waals surface area contributed by atoms with E-state index in [1.54, 1.807) is 0 Å². The molecule has 3 unspecified atom stereocenters. The fourth-order valence-corrected chi connectivity index (χ4v) is 4.73. The number of aromatic nitrogens is 3. The quantitative estimate of drug-likeness (QED) is 0.350. The highest BCUT2D eigenvalue weighted by atomic mass is 32.2. The van der Waals surface area contributed by atoms with Crippen LogP contribution >= 0.6 is 11.8 Å². The second kappa shape index (κ2) is 9.78. The van der Waals surface area contributed by atoms with Gasteiger partial charge in [-0.25, -0.2) is 17.9 Å². The van der Waals surface area contributed by atoms with Crippen LogP contribution in [0.5, 0.6) is 0 Å². The minimum atomic E-state index is -4.59. The Morgan fingerprint density at radius 1 is 1.03 bits per heavy atom. The number of aliphatic hydroxyl groups excluding tert-OH is 3. The molecular formula is C21H17F6N3O4S. The van der Waals surface area contributed by atoms with Crippen LogP contribution in [0.2, 0.25) is 0 Å². The van der Waals surface area contributed by atoms with Gasteiger partial charge in [0.2, 0.25) is 0 Å². The molecule has 4 rings (SSSR count). The van der Waals surface area contributed by atoms with E-state index in [4.69, 9.17) is 4.74 Å². The largest absolute Gasteiger partial charge is 0.416 e. The predicted molar refractivity (Wildman–Crippen MR) is 109 cm³/mol. The number of hydrogen-bond acceptors (Lipinski definition) is 7. The smallest absolute Gasteiger partial charge is 0.394 e. The molecule has 0 saturated carbocycles. The Morgan fingerprint density at radius 3 is 2.34 bits per heavy atom. The maximum absolute atomic E-state index is 13.6. The summed E-state index contributed by atoms with van der Waals surface area (Å²) in [6, 6.07) is 4.36. The van der Waals surface area contributed by atoms with Gasteiger partial charge in [-0.2, -0.15) is 13.2 Å². The lowest BCUT2D eigenvalue weighted by atomic mass is 9.97. The van der Waals surface area contributed by atoms with Gasteiger partial charge in [0, 0.05) is 10.5 Å². The van der Waals surface area contributed by atoms with Crippen molar-refractivity contribution in [3.63, 3.8) is 0 Å². The Hall–Kier alpha value is -2.65. The summed E-state index contributed by atoms with van der Waals surface area (Å²) in [6.07, 6.45) is -7.81. The van der Waals surface area contributed by atoms with Crippen molar-refractivity contribution >= 4 is 11.8 Å². The van der Waals surface area contributed by atoms with Crippen LogP contribution < -0.4 is 0 Å². The predicted octanol–water partition coefficient (Wildman–Crippen LogP) is 3.15. The van der Waals surface area contributed by atoms with Crippen molar-refractivity contribution in [2.75, 3.05) is 6.61 Å². The highest BCUT2D eigenvalue weighted by molar-refractivity contribution is 7.99. The van der Waals surface area contributed by atoms with Gasteiger partial charge in [-0.1, -0.05) is 23.0 Å². The molecule has 0 radical (unpaired) electrons. The number of alkyl halides is 3. The fraction of sp³-hybridized carbons (Fsp3) is 0.333. The van der Waals surface area contributed by atoms with Gasteiger partial charge in [-0.3, -0.25) is 0 Å². The van der Waals surface area contributed by atoms with Crippen molar-refractivity contribution in [2.45, 2.75) is 40.9 Å². The molecule has 1 aromatic heterocycles. The number of rotatable bonds is 5. The van der Waals surface area contributed by atoms with Crippen LogP contribution in [0.1, 0.15) is 11.6 Å². The lowest BCUT2D eigenvalue weighted by molar-refractivity contribution is -0.178. The third-order valence-corrected chi connectivity index (χ3v) is 6.51. The zero-order valence-corrected chi connectivity index (χ0v) is 18.2. The molecule has 2 heterocycles.